The lowest BCUT2D eigenvalue weighted by atomic mass is 10.1. The lowest BCUT2D eigenvalue weighted by molar-refractivity contribution is 0.643. The molecule has 0 saturated heterocycles. The van der Waals surface area contributed by atoms with Crippen LogP contribution < -0.4 is 5.32 Å². The van der Waals surface area contributed by atoms with Gasteiger partial charge in [0, 0.05) is 25.3 Å². The molecule has 2 aromatic rings. The molecule has 1 fully saturated rings. The van der Waals surface area contributed by atoms with E-state index >= 15 is 0 Å². The van der Waals surface area contributed by atoms with Crippen molar-refractivity contribution in [2.45, 2.75) is 51.7 Å². The molecular formula is C16H22N2. The van der Waals surface area contributed by atoms with E-state index < -0.39 is 0 Å². The molecule has 96 valence electrons. The quantitative estimate of drug-likeness (QED) is 0.817. The fourth-order valence-electron chi connectivity index (χ4n) is 2.54. The van der Waals surface area contributed by atoms with Crippen LogP contribution in [0.2, 0.25) is 0 Å². The highest BCUT2D eigenvalue weighted by Crippen LogP contribution is 2.23. The van der Waals surface area contributed by atoms with Crippen molar-refractivity contribution in [3.05, 3.63) is 36.0 Å². The molecule has 0 aliphatic heterocycles. The zero-order valence-electron chi connectivity index (χ0n) is 11.2. The predicted molar refractivity (Wildman–Crippen MR) is 76.7 cm³/mol. The number of unbranched alkanes of at least 4 members (excludes halogenated alkanes) is 1. The third-order valence-corrected chi connectivity index (χ3v) is 3.78. The Bertz CT molecular complexity index is 523. The Morgan fingerprint density at radius 3 is 2.94 bits per heavy atom. The third kappa shape index (κ3) is 2.44. The Labute approximate surface area is 109 Å². The lowest BCUT2D eigenvalue weighted by Crippen LogP contribution is -2.16. The highest BCUT2D eigenvalue weighted by Gasteiger charge is 2.20. The van der Waals surface area contributed by atoms with Gasteiger partial charge in [0.2, 0.25) is 0 Å². The highest BCUT2D eigenvalue weighted by molar-refractivity contribution is 5.83. The minimum absolute atomic E-state index is 0.777. The fourth-order valence-corrected chi connectivity index (χ4v) is 2.54. The Morgan fingerprint density at radius 2 is 2.17 bits per heavy atom. The van der Waals surface area contributed by atoms with Crippen LogP contribution >= 0.6 is 0 Å². The first-order valence-corrected chi connectivity index (χ1v) is 7.18. The minimum Gasteiger partial charge on any atom is -0.347 e. The number of fused-ring (bicyclic) bond motifs is 1. The molecule has 2 heteroatoms. The van der Waals surface area contributed by atoms with Crippen molar-refractivity contribution in [1.82, 2.24) is 9.88 Å². The number of hydrogen-bond donors (Lipinski definition) is 1. The van der Waals surface area contributed by atoms with E-state index in [9.17, 15) is 0 Å². The van der Waals surface area contributed by atoms with Gasteiger partial charge in [-0.3, -0.25) is 0 Å². The summed E-state index contributed by atoms with van der Waals surface area (Å²) in [5, 5.41) is 5.00. The molecule has 1 aliphatic carbocycles. The van der Waals surface area contributed by atoms with Gasteiger partial charge in [-0.2, -0.15) is 0 Å². The van der Waals surface area contributed by atoms with Gasteiger partial charge >= 0.3 is 0 Å². The number of nitrogens with one attached hydrogen (secondary N) is 1. The largest absolute Gasteiger partial charge is 0.347 e. The van der Waals surface area contributed by atoms with Gasteiger partial charge in [0.15, 0.2) is 0 Å². The molecule has 1 aromatic carbocycles. The standard InChI is InChI=1S/C16H22N2/c1-2-3-10-18-11-9-13-5-4-6-14(16(13)18)12-17-15-7-8-15/h4-6,9,11,15,17H,2-3,7-8,10,12H2,1H3. The Kier molecular flexibility index (Phi) is 3.37. The van der Waals surface area contributed by atoms with E-state index in [1.165, 1.54) is 42.1 Å². The number of rotatable bonds is 6. The first kappa shape index (κ1) is 11.8. The Hall–Kier alpha value is -1.28. The van der Waals surface area contributed by atoms with Crippen LogP contribution in [-0.4, -0.2) is 10.6 Å². The molecule has 0 spiro atoms. The van der Waals surface area contributed by atoms with Gasteiger partial charge in [-0.1, -0.05) is 31.5 Å². The van der Waals surface area contributed by atoms with E-state index in [4.69, 9.17) is 0 Å². The molecule has 0 amide bonds. The molecule has 2 nitrogen and oxygen atoms in total. The molecule has 18 heavy (non-hydrogen) atoms. The van der Waals surface area contributed by atoms with Crippen LogP contribution in [0.3, 0.4) is 0 Å². The van der Waals surface area contributed by atoms with Crippen LogP contribution in [0.4, 0.5) is 0 Å². The highest BCUT2D eigenvalue weighted by atomic mass is 15.0. The number of hydrogen-bond acceptors (Lipinski definition) is 1. The second-order valence-electron chi connectivity index (χ2n) is 5.37. The van der Waals surface area contributed by atoms with Gasteiger partial charge in [0.05, 0.1) is 5.52 Å². The number of nitrogens with zero attached hydrogens (tertiary/aromatic N) is 1. The molecule has 0 unspecified atom stereocenters. The van der Waals surface area contributed by atoms with Crippen LogP contribution in [0.25, 0.3) is 10.9 Å². The second-order valence-corrected chi connectivity index (χ2v) is 5.37. The number of benzene rings is 1. The molecule has 0 radical (unpaired) electrons. The van der Waals surface area contributed by atoms with Crippen molar-refractivity contribution in [3.8, 4) is 0 Å². The Balaban J connectivity index is 1.87. The summed E-state index contributed by atoms with van der Waals surface area (Å²) in [4.78, 5) is 0. The average molecular weight is 242 g/mol. The first-order valence-electron chi connectivity index (χ1n) is 7.18. The molecule has 1 saturated carbocycles. The van der Waals surface area contributed by atoms with Crippen molar-refractivity contribution in [2.75, 3.05) is 0 Å². The zero-order valence-corrected chi connectivity index (χ0v) is 11.2. The van der Waals surface area contributed by atoms with E-state index in [2.05, 4.69) is 47.3 Å². The van der Waals surface area contributed by atoms with Crippen molar-refractivity contribution >= 4 is 10.9 Å². The van der Waals surface area contributed by atoms with Gasteiger partial charge in [0.1, 0.15) is 0 Å². The maximum absolute atomic E-state index is 3.62. The number of aromatic nitrogens is 1. The van der Waals surface area contributed by atoms with Crippen LogP contribution in [0.1, 0.15) is 38.2 Å². The van der Waals surface area contributed by atoms with Gasteiger partial charge < -0.3 is 9.88 Å². The van der Waals surface area contributed by atoms with Crippen molar-refractivity contribution < 1.29 is 0 Å². The summed E-state index contributed by atoms with van der Waals surface area (Å²) >= 11 is 0. The van der Waals surface area contributed by atoms with E-state index in [1.807, 2.05) is 0 Å². The fraction of sp³-hybridized carbons (Fsp3) is 0.500. The summed E-state index contributed by atoms with van der Waals surface area (Å²) in [5.74, 6) is 0. The number of para-hydroxylation sites is 1. The average Bonchev–Trinajstić information content (AvgIpc) is 3.13. The van der Waals surface area contributed by atoms with Crippen LogP contribution in [0.5, 0.6) is 0 Å². The Morgan fingerprint density at radius 1 is 1.28 bits per heavy atom. The predicted octanol–water partition coefficient (Wildman–Crippen LogP) is 3.69. The van der Waals surface area contributed by atoms with E-state index in [-0.39, 0.29) is 0 Å². The third-order valence-electron chi connectivity index (χ3n) is 3.78. The number of aryl methyl sites for hydroxylation is 1. The smallest absolute Gasteiger partial charge is 0.0525 e. The maximum atomic E-state index is 3.62. The van der Waals surface area contributed by atoms with E-state index in [0.717, 1.165) is 19.1 Å². The normalized spacial score (nSPS) is 15.4. The van der Waals surface area contributed by atoms with Gasteiger partial charge in [-0.15, -0.1) is 0 Å². The molecule has 1 aromatic heterocycles. The molecule has 1 heterocycles. The van der Waals surface area contributed by atoms with Crippen molar-refractivity contribution in [1.29, 1.82) is 0 Å². The summed E-state index contributed by atoms with van der Waals surface area (Å²) in [6.45, 7) is 4.40. The minimum atomic E-state index is 0.777. The van der Waals surface area contributed by atoms with Crippen molar-refractivity contribution in [3.63, 3.8) is 0 Å². The SMILES string of the molecule is CCCCn1ccc2cccc(CNC3CC3)c21. The summed E-state index contributed by atoms with van der Waals surface area (Å²) < 4.78 is 2.42. The van der Waals surface area contributed by atoms with Gasteiger partial charge in [-0.05, 0) is 36.3 Å². The summed E-state index contributed by atoms with van der Waals surface area (Å²) in [7, 11) is 0. The molecule has 1 aliphatic rings. The summed E-state index contributed by atoms with van der Waals surface area (Å²) in [6, 6.07) is 9.68. The van der Waals surface area contributed by atoms with Crippen LogP contribution in [0.15, 0.2) is 30.5 Å². The monoisotopic (exact) mass is 242 g/mol. The van der Waals surface area contributed by atoms with Gasteiger partial charge in [-0.25, -0.2) is 0 Å². The van der Waals surface area contributed by atoms with Crippen molar-refractivity contribution in [2.24, 2.45) is 0 Å². The molecule has 0 atom stereocenters. The first-order chi connectivity index (χ1) is 8.88. The molecule has 0 bridgehead atoms. The summed E-state index contributed by atoms with van der Waals surface area (Å²) in [6.07, 6.45) is 7.46. The zero-order chi connectivity index (χ0) is 12.4. The second kappa shape index (κ2) is 5.15. The summed E-state index contributed by atoms with van der Waals surface area (Å²) in [5.41, 5.74) is 2.87. The van der Waals surface area contributed by atoms with Crippen LogP contribution in [-0.2, 0) is 13.1 Å². The van der Waals surface area contributed by atoms with E-state index in [0.29, 0.717) is 0 Å². The molecule has 1 N–H and O–H groups in total. The lowest BCUT2D eigenvalue weighted by Gasteiger charge is -2.10. The molecule has 3 rings (SSSR count). The van der Waals surface area contributed by atoms with E-state index in [1.54, 1.807) is 0 Å². The maximum Gasteiger partial charge on any atom is 0.0525 e. The van der Waals surface area contributed by atoms with Gasteiger partial charge in [0.25, 0.3) is 0 Å². The van der Waals surface area contributed by atoms with Crippen LogP contribution in [0, 0.1) is 0 Å². The topological polar surface area (TPSA) is 17.0 Å². The molecular weight excluding hydrogens is 220 g/mol.